The van der Waals surface area contributed by atoms with E-state index in [4.69, 9.17) is 5.21 Å². The summed E-state index contributed by atoms with van der Waals surface area (Å²) in [4.78, 5) is 10.9. The summed E-state index contributed by atoms with van der Waals surface area (Å²) >= 11 is 0. The zero-order chi connectivity index (χ0) is 10.8. The quantitative estimate of drug-likeness (QED) is 0.360. The first-order valence-corrected chi connectivity index (χ1v) is 5.66. The van der Waals surface area contributed by atoms with Gasteiger partial charge in [0.1, 0.15) is 0 Å². The summed E-state index contributed by atoms with van der Waals surface area (Å²) in [5, 5.41) is 8.38. The lowest BCUT2D eigenvalue weighted by atomic mass is 10.0. The molecule has 0 aromatic heterocycles. The predicted molar refractivity (Wildman–Crippen MR) is 57.1 cm³/mol. The fourth-order valence-electron chi connectivity index (χ4n) is 1.47. The minimum absolute atomic E-state index is 0.0637. The Bertz CT molecular complexity index is 148. The highest BCUT2D eigenvalue weighted by atomic mass is 16.5. The van der Waals surface area contributed by atoms with Crippen LogP contribution in [0.1, 0.15) is 58.8 Å². The number of rotatable bonds is 8. The minimum atomic E-state index is -0.265. The van der Waals surface area contributed by atoms with Gasteiger partial charge in [-0.2, -0.15) is 0 Å². The lowest BCUT2D eigenvalue weighted by molar-refractivity contribution is -0.133. The van der Waals surface area contributed by atoms with E-state index in [9.17, 15) is 4.79 Å². The number of unbranched alkanes of at least 4 members (excludes halogenated alkanes) is 5. The highest BCUT2D eigenvalue weighted by molar-refractivity contribution is 5.76. The van der Waals surface area contributed by atoms with Crippen LogP contribution in [0.5, 0.6) is 0 Å². The summed E-state index contributed by atoms with van der Waals surface area (Å²) < 4.78 is 0. The molecular formula is C11H23NO2. The average Bonchev–Trinajstić information content (AvgIpc) is 2.21. The second-order valence-electron chi connectivity index (χ2n) is 3.93. The lowest BCUT2D eigenvalue weighted by Gasteiger charge is -2.08. The molecule has 14 heavy (non-hydrogen) atoms. The van der Waals surface area contributed by atoms with Gasteiger partial charge in [-0.15, -0.1) is 0 Å². The maximum atomic E-state index is 10.9. The van der Waals surface area contributed by atoms with Gasteiger partial charge in [0.15, 0.2) is 0 Å². The molecule has 0 bridgehead atoms. The fourth-order valence-corrected chi connectivity index (χ4v) is 1.47. The lowest BCUT2D eigenvalue weighted by Crippen LogP contribution is -2.25. The molecule has 84 valence electrons. The summed E-state index contributed by atoms with van der Waals surface area (Å²) in [5.74, 6) is -0.329. The van der Waals surface area contributed by atoms with Gasteiger partial charge in [0.25, 0.3) is 0 Å². The molecule has 0 aliphatic heterocycles. The Labute approximate surface area is 86.8 Å². The molecule has 0 aromatic carbocycles. The van der Waals surface area contributed by atoms with Crippen molar-refractivity contribution in [3.63, 3.8) is 0 Å². The average molecular weight is 201 g/mol. The van der Waals surface area contributed by atoms with Crippen LogP contribution in [0.25, 0.3) is 0 Å². The van der Waals surface area contributed by atoms with Crippen LogP contribution in [-0.4, -0.2) is 11.1 Å². The van der Waals surface area contributed by atoms with Gasteiger partial charge in [-0.3, -0.25) is 10.0 Å². The molecule has 0 spiro atoms. The van der Waals surface area contributed by atoms with Crippen LogP contribution < -0.4 is 5.48 Å². The van der Waals surface area contributed by atoms with Crippen molar-refractivity contribution in [3.8, 4) is 0 Å². The number of hydrogen-bond acceptors (Lipinski definition) is 2. The normalized spacial score (nSPS) is 12.5. The van der Waals surface area contributed by atoms with Gasteiger partial charge < -0.3 is 0 Å². The molecule has 0 aromatic rings. The largest absolute Gasteiger partial charge is 0.289 e. The van der Waals surface area contributed by atoms with Crippen LogP contribution in [0, 0.1) is 5.92 Å². The molecule has 0 fully saturated rings. The summed E-state index contributed by atoms with van der Waals surface area (Å²) in [6.45, 7) is 4.05. The standard InChI is InChI=1S/C11H23NO2/c1-3-4-5-6-7-8-9-10(2)11(13)12-14/h10,14H,3-9H2,1-2H3,(H,12,13). The first-order valence-electron chi connectivity index (χ1n) is 5.66. The molecule has 2 N–H and O–H groups in total. The number of amides is 1. The Morgan fingerprint density at radius 1 is 1.21 bits per heavy atom. The van der Waals surface area contributed by atoms with Crippen LogP contribution in [0.15, 0.2) is 0 Å². The number of carbonyl (C=O) groups is 1. The van der Waals surface area contributed by atoms with Crippen molar-refractivity contribution in [2.45, 2.75) is 58.8 Å². The highest BCUT2D eigenvalue weighted by Crippen LogP contribution is 2.11. The summed E-state index contributed by atoms with van der Waals surface area (Å²) in [5.41, 5.74) is 1.69. The van der Waals surface area contributed by atoms with E-state index in [1.807, 2.05) is 6.92 Å². The minimum Gasteiger partial charge on any atom is -0.289 e. The molecule has 1 unspecified atom stereocenters. The van der Waals surface area contributed by atoms with E-state index in [2.05, 4.69) is 6.92 Å². The maximum absolute atomic E-state index is 10.9. The second kappa shape index (κ2) is 9.00. The Kier molecular flexibility index (Phi) is 8.64. The fraction of sp³-hybridized carbons (Fsp3) is 0.909. The third-order valence-corrected chi connectivity index (χ3v) is 2.55. The van der Waals surface area contributed by atoms with Crippen LogP contribution in [0.4, 0.5) is 0 Å². The second-order valence-corrected chi connectivity index (χ2v) is 3.93. The third-order valence-electron chi connectivity index (χ3n) is 2.55. The SMILES string of the molecule is CCCCCCCCC(C)C(=O)NO. The number of hydroxylamine groups is 1. The first kappa shape index (κ1) is 13.4. The predicted octanol–water partition coefficient (Wildman–Crippen LogP) is 2.88. The molecular weight excluding hydrogens is 178 g/mol. The van der Waals surface area contributed by atoms with Gasteiger partial charge in [-0.25, -0.2) is 5.48 Å². The van der Waals surface area contributed by atoms with Crippen LogP contribution in [-0.2, 0) is 4.79 Å². The first-order chi connectivity index (χ1) is 6.72. The molecule has 0 saturated heterocycles. The molecule has 0 aliphatic carbocycles. The van der Waals surface area contributed by atoms with Crippen molar-refractivity contribution in [1.29, 1.82) is 0 Å². The van der Waals surface area contributed by atoms with Crippen molar-refractivity contribution < 1.29 is 10.0 Å². The zero-order valence-electron chi connectivity index (χ0n) is 9.38. The molecule has 0 radical (unpaired) electrons. The van der Waals surface area contributed by atoms with Crippen molar-refractivity contribution in [1.82, 2.24) is 5.48 Å². The molecule has 3 heteroatoms. The Balaban J connectivity index is 3.23. The van der Waals surface area contributed by atoms with Crippen molar-refractivity contribution >= 4 is 5.91 Å². The van der Waals surface area contributed by atoms with Crippen molar-refractivity contribution in [2.24, 2.45) is 5.92 Å². The monoisotopic (exact) mass is 201 g/mol. The Morgan fingerprint density at radius 3 is 2.36 bits per heavy atom. The number of hydrogen-bond donors (Lipinski definition) is 2. The van der Waals surface area contributed by atoms with Gasteiger partial charge in [-0.05, 0) is 6.42 Å². The maximum Gasteiger partial charge on any atom is 0.246 e. The molecule has 0 saturated carbocycles. The van der Waals surface area contributed by atoms with Crippen LogP contribution >= 0.6 is 0 Å². The van der Waals surface area contributed by atoms with Crippen molar-refractivity contribution in [2.75, 3.05) is 0 Å². The van der Waals surface area contributed by atoms with Crippen LogP contribution in [0.3, 0.4) is 0 Å². The van der Waals surface area contributed by atoms with Gasteiger partial charge in [0.05, 0.1) is 0 Å². The molecule has 1 amide bonds. The molecule has 1 atom stereocenters. The van der Waals surface area contributed by atoms with Gasteiger partial charge in [0, 0.05) is 5.92 Å². The van der Waals surface area contributed by atoms with E-state index in [1.54, 1.807) is 5.48 Å². The van der Waals surface area contributed by atoms with E-state index in [-0.39, 0.29) is 11.8 Å². The number of carbonyl (C=O) groups excluding carboxylic acids is 1. The van der Waals surface area contributed by atoms with Crippen molar-refractivity contribution in [3.05, 3.63) is 0 Å². The molecule has 3 nitrogen and oxygen atoms in total. The van der Waals surface area contributed by atoms with Gasteiger partial charge in [-0.1, -0.05) is 52.4 Å². The Hall–Kier alpha value is -0.570. The van der Waals surface area contributed by atoms with Gasteiger partial charge in [0.2, 0.25) is 5.91 Å². The van der Waals surface area contributed by atoms with Gasteiger partial charge >= 0.3 is 0 Å². The summed E-state index contributed by atoms with van der Waals surface area (Å²) in [6, 6.07) is 0. The molecule has 0 rings (SSSR count). The van der Waals surface area contributed by atoms with E-state index >= 15 is 0 Å². The summed E-state index contributed by atoms with van der Waals surface area (Å²) in [6.07, 6.45) is 8.30. The Morgan fingerprint density at radius 2 is 1.79 bits per heavy atom. The van der Waals surface area contributed by atoms with E-state index in [1.165, 1.54) is 32.1 Å². The smallest absolute Gasteiger partial charge is 0.246 e. The van der Waals surface area contributed by atoms with Crippen LogP contribution in [0.2, 0.25) is 0 Å². The highest BCUT2D eigenvalue weighted by Gasteiger charge is 2.10. The third kappa shape index (κ3) is 6.89. The zero-order valence-corrected chi connectivity index (χ0v) is 9.38. The van der Waals surface area contributed by atoms with E-state index in [0.717, 1.165) is 12.8 Å². The molecule has 0 heterocycles. The number of nitrogens with one attached hydrogen (secondary N) is 1. The molecule has 0 aliphatic rings. The van der Waals surface area contributed by atoms with E-state index < -0.39 is 0 Å². The van der Waals surface area contributed by atoms with E-state index in [0.29, 0.717) is 0 Å². The summed E-state index contributed by atoms with van der Waals surface area (Å²) in [7, 11) is 0. The topological polar surface area (TPSA) is 49.3 Å².